The monoisotopic (exact) mass is 248 g/mol. The fourth-order valence-corrected chi connectivity index (χ4v) is 1.39. The molecule has 1 aromatic carbocycles. The molecule has 13 heavy (non-hydrogen) atoms. The predicted octanol–water partition coefficient (Wildman–Crippen LogP) is 1.92. The molecule has 0 saturated heterocycles. The summed E-state index contributed by atoms with van der Waals surface area (Å²) < 4.78 is 13.2. The number of hydrogen-bond donors (Lipinski definition) is 2. The van der Waals surface area contributed by atoms with Gasteiger partial charge < -0.3 is 10.2 Å². The number of rotatable bonds is 2. The topological polar surface area (TPSA) is 57.5 Å². The van der Waals surface area contributed by atoms with E-state index in [9.17, 15) is 9.18 Å². The molecule has 0 amide bonds. The molecule has 0 aliphatic rings. The van der Waals surface area contributed by atoms with Gasteiger partial charge in [-0.1, -0.05) is 15.9 Å². The zero-order valence-corrected chi connectivity index (χ0v) is 8.01. The Morgan fingerprint density at radius 2 is 2.15 bits per heavy atom. The number of benzene rings is 1. The van der Waals surface area contributed by atoms with Crippen molar-refractivity contribution in [3.05, 3.63) is 28.0 Å². The van der Waals surface area contributed by atoms with E-state index in [0.29, 0.717) is 4.47 Å². The zero-order chi connectivity index (χ0) is 10.0. The van der Waals surface area contributed by atoms with Crippen molar-refractivity contribution in [2.75, 3.05) is 0 Å². The van der Waals surface area contributed by atoms with Gasteiger partial charge in [-0.15, -0.1) is 0 Å². The first kappa shape index (κ1) is 9.98. The first-order valence-electron chi connectivity index (χ1n) is 3.39. The molecule has 0 fully saturated rings. The van der Waals surface area contributed by atoms with Gasteiger partial charge in [0.1, 0.15) is 0 Å². The van der Waals surface area contributed by atoms with Crippen LogP contribution in [0.4, 0.5) is 4.39 Å². The SMILES string of the molecule is O=C(O)Cc1cc(Br)cc(F)c1O. The summed E-state index contributed by atoms with van der Waals surface area (Å²) in [6.45, 7) is 0. The van der Waals surface area contributed by atoms with E-state index >= 15 is 0 Å². The van der Waals surface area contributed by atoms with Crippen LogP contribution in [0.15, 0.2) is 16.6 Å². The molecule has 0 bridgehead atoms. The first-order valence-corrected chi connectivity index (χ1v) is 4.18. The van der Waals surface area contributed by atoms with Gasteiger partial charge in [0, 0.05) is 10.0 Å². The lowest BCUT2D eigenvalue weighted by atomic mass is 10.1. The van der Waals surface area contributed by atoms with Crippen LogP contribution in [0.5, 0.6) is 5.75 Å². The number of phenolic OH excluding ortho intramolecular Hbond substituents is 1. The third-order valence-corrected chi connectivity index (χ3v) is 1.91. The summed E-state index contributed by atoms with van der Waals surface area (Å²) in [6, 6.07) is 2.44. The summed E-state index contributed by atoms with van der Waals surface area (Å²) in [5.74, 6) is -2.55. The second kappa shape index (κ2) is 3.74. The summed E-state index contributed by atoms with van der Waals surface area (Å²) >= 11 is 2.99. The van der Waals surface area contributed by atoms with Crippen molar-refractivity contribution in [3.8, 4) is 5.75 Å². The molecule has 0 atom stereocenters. The fourth-order valence-electron chi connectivity index (χ4n) is 0.917. The number of hydrogen-bond acceptors (Lipinski definition) is 2. The minimum Gasteiger partial charge on any atom is -0.505 e. The zero-order valence-electron chi connectivity index (χ0n) is 6.42. The van der Waals surface area contributed by atoms with Crippen molar-refractivity contribution in [2.45, 2.75) is 6.42 Å². The number of carbonyl (C=O) groups is 1. The quantitative estimate of drug-likeness (QED) is 0.841. The summed E-state index contributed by atoms with van der Waals surface area (Å²) in [4.78, 5) is 10.3. The molecule has 0 aromatic heterocycles. The average Bonchev–Trinajstić information content (AvgIpc) is 1.98. The molecule has 70 valence electrons. The molecule has 1 aromatic rings. The Morgan fingerprint density at radius 1 is 1.54 bits per heavy atom. The van der Waals surface area contributed by atoms with Crippen molar-refractivity contribution >= 4 is 21.9 Å². The number of aromatic hydroxyl groups is 1. The Morgan fingerprint density at radius 3 is 2.69 bits per heavy atom. The molecule has 1 rings (SSSR count). The van der Waals surface area contributed by atoms with Crippen LogP contribution in [0, 0.1) is 5.82 Å². The van der Waals surface area contributed by atoms with Crippen LogP contribution in [0.2, 0.25) is 0 Å². The van der Waals surface area contributed by atoms with Crippen molar-refractivity contribution in [3.63, 3.8) is 0 Å². The first-order chi connectivity index (χ1) is 6.00. The van der Waals surface area contributed by atoms with Crippen molar-refractivity contribution in [2.24, 2.45) is 0 Å². The van der Waals surface area contributed by atoms with Crippen molar-refractivity contribution < 1.29 is 19.4 Å². The van der Waals surface area contributed by atoms with E-state index in [-0.39, 0.29) is 5.56 Å². The van der Waals surface area contributed by atoms with Gasteiger partial charge in [0.25, 0.3) is 0 Å². The number of carboxylic acids is 1. The van der Waals surface area contributed by atoms with Gasteiger partial charge in [-0.2, -0.15) is 0 Å². The van der Waals surface area contributed by atoms with Crippen LogP contribution in [-0.4, -0.2) is 16.2 Å². The maximum absolute atomic E-state index is 12.8. The second-order valence-electron chi connectivity index (χ2n) is 2.47. The van der Waals surface area contributed by atoms with E-state index in [1.54, 1.807) is 0 Å². The van der Waals surface area contributed by atoms with Gasteiger partial charge in [0.05, 0.1) is 6.42 Å². The van der Waals surface area contributed by atoms with E-state index in [0.717, 1.165) is 6.07 Å². The molecule has 0 aliphatic heterocycles. The van der Waals surface area contributed by atoms with Gasteiger partial charge in [0.2, 0.25) is 0 Å². The Bertz CT molecular complexity index is 351. The number of carboxylic acid groups (broad SMARTS) is 1. The Hall–Kier alpha value is -1.10. The van der Waals surface area contributed by atoms with Gasteiger partial charge in [-0.3, -0.25) is 4.79 Å². The largest absolute Gasteiger partial charge is 0.505 e. The van der Waals surface area contributed by atoms with Gasteiger partial charge in [-0.05, 0) is 12.1 Å². The summed E-state index contributed by atoms with van der Waals surface area (Å²) in [5, 5.41) is 17.5. The molecule has 3 nitrogen and oxygen atoms in total. The second-order valence-corrected chi connectivity index (χ2v) is 3.38. The maximum atomic E-state index is 12.8. The highest BCUT2D eigenvalue weighted by atomic mass is 79.9. The lowest BCUT2D eigenvalue weighted by Gasteiger charge is -2.03. The fraction of sp³-hybridized carbons (Fsp3) is 0.125. The smallest absolute Gasteiger partial charge is 0.307 e. The summed E-state index contributed by atoms with van der Waals surface area (Å²) in [5.41, 5.74) is 0.0550. The molecule has 0 aliphatic carbocycles. The summed E-state index contributed by atoms with van der Waals surface area (Å²) in [7, 11) is 0. The van der Waals surface area contributed by atoms with Crippen molar-refractivity contribution in [1.82, 2.24) is 0 Å². The molecule has 0 radical (unpaired) electrons. The number of aliphatic carboxylic acids is 1. The van der Waals surface area contributed by atoms with E-state index < -0.39 is 24.0 Å². The minimum absolute atomic E-state index is 0.0550. The van der Waals surface area contributed by atoms with E-state index in [2.05, 4.69) is 15.9 Å². The molecule has 2 N–H and O–H groups in total. The molecule has 0 spiro atoms. The van der Waals surface area contributed by atoms with Crippen LogP contribution in [0.25, 0.3) is 0 Å². The van der Waals surface area contributed by atoms with Crippen LogP contribution < -0.4 is 0 Å². The highest BCUT2D eigenvalue weighted by Gasteiger charge is 2.11. The van der Waals surface area contributed by atoms with Crippen LogP contribution in [-0.2, 0) is 11.2 Å². The maximum Gasteiger partial charge on any atom is 0.307 e. The molecular formula is C8H6BrFO3. The third-order valence-electron chi connectivity index (χ3n) is 1.45. The lowest BCUT2D eigenvalue weighted by Crippen LogP contribution is -2.01. The third kappa shape index (κ3) is 2.42. The van der Waals surface area contributed by atoms with Crippen LogP contribution in [0.1, 0.15) is 5.56 Å². The lowest BCUT2D eigenvalue weighted by molar-refractivity contribution is -0.136. The Kier molecular flexibility index (Phi) is 2.87. The van der Waals surface area contributed by atoms with E-state index in [1.165, 1.54) is 6.07 Å². The normalized spacial score (nSPS) is 10.0. The summed E-state index contributed by atoms with van der Waals surface area (Å²) in [6.07, 6.45) is -0.401. The van der Waals surface area contributed by atoms with E-state index in [1.807, 2.05) is 0 Å². The molecule has 0 unspecified atom stereocenters. The Labute approximate surface area is 81.9 Å². The molecule has 0 heterocycles. The van der Waals surface area contributed by atoms with Crippen LogP contribution in [0.3, 0.4) is 0 Å². The van der Waals surface area contributed by atoms with Gasteiger partial charge >= 0.3 is 5.97 Å². The minimum atomic E-state index is -1.12. The highest BCUT2D eigenvalue weighted by molar-refractivity contribution is 9.10. The standard InChI is InChI=1S/C8H6BrFO3/c9-5-1-4(2-7(11)12)8(13)6(10)3-5/h1,3,13H,2H2,(H,11,12). The van der Waals surface area contributed by atoms with Crippen molar-refractivity contribution in [1.29, 1.82) is 0 Å². The molecule has 5 heteroatoms. The number of phenols is 1. The molecule has 0 saturated carbocycles. The Balaban J connectivity index is 3.12. The average molecular weight is 249 g/mol. The predicted molar refractivity (Wildman–Crippen MR) is 47.1 cm³/mol. The van der Waals surface area contributed by atoms with Gasteiger partial charge in [0.15, 0.2) is 11.6 Å². The van der Waals surface area contributed by atoms with Crippen LogP contribution >= 0.6 is 15.9 Å². The van der Waals surface area contributed by atoms with E-state index in [4.69, 9.17) is 10.2 Å². The van der Waals surface area contributed by atoms with Gasteiger partial charge in [-0.25, -0.2) is 4.39 Å². The number of halogens is 2. The highest BCUT2D eigenvalue weighted by Crippen LogP contribution is 2.26. The molecular weight excluding hydrogens is 243 g/mol.